The zero-order valence-corrected chi connectivity index (χ0v) is 19.6. The first-order valence-electron chi connectivity index (χ1n) is 11.8. The van der Waals surface area contributed by atoms with Crippen molar-refractivity contribution < 1.29 is 42.0 Å². The van der Waals surface area contributed by atoms with E-state index < -0.39 is 18.5 Å². The van der Waals surface area contributed by atoms with Crippen LogP contribution in [-0.2, 0) is 4.79 Å². The first-order valence-corrected chi connectivity index (χ1v) is 11.8. The summed E-state index contributed by atoms with van der Waals surface area (Å²) in [5.74, 6) is 0.817. The molecule has 1 fully saturated rings. The SMILES string of the molecule is O=C(CCOc1ccc(OC(F)(F)F)cc1)NC(CN1CCCC1)C(O)c1ccc2c(c1)OCCO2. The molecule has 196 valence electrons. The van der Waals surface area contributed by atoms with Crippen LogP contribution in [0, 0.1) is 0 Å². The first kappa shape index (κ1) is 25.9. The minimum absolute atomic E-state index is 0.00512. The lowest BCUT2D eigenvalue weighted by molar-refractivity contribution is -0.274. The molecule has 11 heteroatoms. The molecule has 1 saturated heterocycles. The highest BCUT2D eigenvalue weighted by Crippen LogP contribution is 2.33. The van der Waals surface area contributed by atoms with Gasteiger partial charge in [0, 0.05) is 6.54 Å². The highest BCUT2D eigenvalue weighted by atomic mass is 19.4. The number of nitrogens with zero attached hydrogens (tertiary/aromatic N) is 1. The summed E-state index contributed by atoms with van der Waals surface area (Å²) >= 11 is 0. The van der Waals surface area contributed by atoms with E-state index in [1.54, 1.807) is 18.2 Å². The Morgan fingerprint density at radius 2 is 1.69 bits per heavy atom. The third-order valence-corrected chi connectivity index (χ3v) is 5.94. The lowest BCUT2D eigenvalue weighted by Crippen LogP contribution is -2.47. The van der Waals surface area contributed by atoms with Gasteiger partial charge in [-0.05, 0) is 67.9 Å². The van der Waals surface area contributed by atoms with Gasteiger partial charge in [0.15, 0.2) is 11.5 Å². The average Bonchev–Trinajstić information content (AvgIpc) is 3.36. The van der Waals surface area contributed by atoms with Crippen molar-refractivity contribution in [1.29, 1.82) is 0 Å². The van der Waals surface area contributed by atoms with E-state index >= 15 is 0 Å². The second-order valence-corrected chi connectivity index (χ2v) is 8.65. The van der Waals surface area contributed by atoms with Gasteiger partial charge in [-0.3, -0.25) is 4.79 Å². The van der Waals surface area contributed by atoms with E-state index in [0.29, 0.717) is 42.6 Å². The fourth-order valence-corrected chi connectivity index (χ4v) is 4.22. The average molecular weight is 511 g/mol. The van der Waals surface area contributed by atoms with Crippen LogP contribution in [0.5, 0.6) is 23.0 Å². The number of likely N-dealkylation sites (tertiary alicyclic amines) is 1. The smallest absolute Gasteiger partial charge is 0.493 e. The van der Waals surface area contributed by atoms with Gasteiger partial charge in [-0.2, -0.15) is 0 Å². The van der Waals surface area contributed by atoms with Crippen molar-refractivity contribution in [3.63, 3.8) is 0 Å². The van der Waals surface area contributed by atoms with E-state index in [4.69, 9.17) is 14.2 Å². The maximum absolute atomic E-state index is 12.7. The van der Waals surface area contributed by atoms with Crippen molar-refractivity contribution in [2.24, 2.45) is 0 Å². The van der Waals surface area contributed by atoms with Crippen molar-refractivity contribution in [2.45, 2.75) is 37.8 Å². The Bertz CT molecular complexity index is 1010. The third-order valence-electron chi connectivity index (χ3n) is 5.94. The molecule has 0 radical (unpaired) electrons. The Balaban J connectivity index is 1.33. The topological polar surface area (TPSA) is 89.5 Å². The number of benzene rings is 2. The van der Waals surface area contributed by atoms with Gasteiger partial charge in [-0.25, -0.2) is 0 Å². The van der Waals surface area contributed by atoms with Crippen LogP contribution < -0.4 is 24.3 Å². The predicted octanol–water partition coefficient (Wildman–Crippen LogP) is 3.44. The van der Waals surface area contributed by atoms with Crippen molar-refractivity contribution in [1.82, 2.24) is 10.2 Å². The predicted molar refractivity (Wildman–Crippen MR) is 123 cm³/mol. The first-order chi connectivity index (χ1) is 17.3. The number of fused-ring (bicyclic) bond motifs is 1. The number of carbonyl (C=O) groups excluding carboxylic acids is 1. The van der Waals surface area contributed by atoms with Crippen LogP contribution >= 0.6 is 0 Å². The number of hydrogen-bond donors (Lipinski definition) is 2. The van der Waals surface area contributed by atoms with Crippen molar-refractivity contribution in [2.75, 3.05) is 39.5 Å². The molecule has 2 aromatic rings. The van der Waals surface area contributed by atoms with Crippen LogP contribution in [0.1, 0.15) is 30.9 Å². The van der Waals surface area contributed by atoms with Crippen LogP contribution in [0.2, 0.25) is 0 Å². The molecule has 2 aromatic carbocycles. The van der Waals surface area contributed by atoms with Gasteiger partial charge in [-0.15, -0.1) is 13.2 Å². The number of aliphatic hydroxyl groups excluding tert-OH is 1. The van der Waals surface area contributed by atoms with E-state index in [9.17, 15) is 23.1 Å². The minimum atomic E-state index is -4.77. The largest absolute Gasteiger partial charge is 0.573 e. The monoisotopic (exact) mass is 510 g/mol. The molecule has 2 aliphatic heterocycles. The molecule has 0 spiro atoms. The number of hydrogen-bond acceptors (Lipinski definition) is 7. The molecular weight excluding hydrogens is 481 g/mol. The highest BCUT2D eigenvalue weighted by Gasteiger charge is 2.31. The molecular formula is C25H29F3N2O6. The van der Waals surface area contributed by atoms with Crippen LogP contribution in [0.3, 0.4) is 0 Å². The van der Waals surface area contributed by atoms with E-state index in [1.807, 2.05) is 0 Å². The summed E-state index contributed by atoms with van der Waals surface area (Å²) in [6.45, 7) is 3.20. The summed E-state index contributed by atoms with van der Waals surface area (Å²) < 4.78 is 57.3. The fraction of sp³-hybridized carbons (Fsp3) is 0.480. The van der Waals surface area contributed by atoms with Gasteiger partial charge in [0.05, 0.1) is 19.1 Å². The van der Waals surface area contributed by atoms with Crippen molar-refractivity contribution in [3.05, 3.63) is 48.0 Å². The van der Waals surface area contributed by atoms with Crippen molar-refractivity contribution >= 4 is 5.91 Å². The molecule has 2 N–H and O–H groups in total. The number of amides is 1. The summed E-state index contributed by atoms with van der Waals surface area (Å²) in [5.41, 5.74) is 0.612. The van der Waals surface area contributed by atoms with Gasteiger partial charge in [0.2, 0.25) is 5.91 Å². The molecule has 1 amide bonds. The van der Waals surface area contributed by atoms with Crippen LogP contribution in [0.25, 0.3) is 0 Å². The van der Waals surface area contributed by atoms with Crippen LogP contribution in [0.4, 0.5) is 13.2 Å². The summed E-state index contributed by atoms with van der Waals surface area (Å²) in [7, 11) is 0. The molecule has 2 atom stereocenters. The molecule has 8 nitrogen and oxygen atoms in total. The Labute approximate surface area is 206 Å². The zero-order valence-electron chi connectivity index (χ0n) is 19.6. The maximum atomic E-state index is 12.7. The fourth-order valence-electron chi connectivity index (χ4n) is 4.22. The minimum Gasteiger partial charge on any atom is -0.493 e. The summed E-state index contributed by atoms with van der Waals surface area (Å²) in [4.78, 5) is 14.9. The Kier molecular flexibility index (Phi) is 8.42. The Hall–Kier alpha value is -3.18. The Morgan fingerprint density at radius 1 is 1.03 bits per heavy atom. The second kappa shape index (κ2) is 11.7. The summed E-state index contributed by atoms with van der Waals surface area (Å²) in [5, 5.41) is 14.1. The Morgan fingerprint density at radius 3 is 2.39 bits per heavy atom. The normalized spacial score (nSPS) is 17.3. The quantitative estimate of drug-likeness (QED) is 0.506. The molecule has 36 heavy (non-hydrogen) atoms. The number of nitrogens with one attached hydrogen (secondary N) is 1. The molecule has 0 aromatic heterocycles. The molecule has 2 unspecified atom stereocenters. The summed E-state index contributed by atoms with van der Waals surface area (Å²) in [6.07, 6.45) is -3.59. The lowest BCUT2D eigenvalue weighted by atomic mass is 10.0. The van der Waals surface area contributed by atoms with Crippen LogP contribution in [-0.4, -0.2) is 67.8 Å². The van der Waals surface area contributed by atoms with Crippen molar-refractivity contribution in [3.8, 4) is 23.0 Å². The number of alkyl halides is 3. The second-order valence-electron chi connectivity index (χ2n) is 8.65. The molecule has 0 aliphatic carbocycles. The molecule has 4 rings (SSSR count). The highest BCUT2D eigenvalue weighted by molar-refractivity contribution is 5.76. The van der Waals surface area contributed by atoms with E-state index in [1.165, 1.54) is 12.1 Å². The van der Waals surface area contributed by atoms with E-state index in [-0.39, 0.29) is 24.7 Å². The third kappa shape index (κ3) is 7.41. The number of carbonyl (C=O) groups is 1. The summed E-state index contributed by atoms with van der Waals surface area (Å²) in [6, 6.07) is 9.63. The van der Waals surface area contributed by atoms with Crippen LogP contribution in [0.15, 0.2) is 42.5 Å². The maximum Gasteiger partial charge on any atom is 0.573 e. The lowest BCUT2D eigenvalue weighted by Gasteiger charge is -2.29. The molecule has 2 aliphatic rings. The molecule has 0 bridgehead atoms. The number of ether oxygens (including phenoxy) is 4. The van der Waals surface area contributed by atoms with Gasteiger partial charge < -0.3 is 34.3 Å². The zero-order chi connectivity index (χ0) is 25.5. The molecule has 2 heterocycles. The van der Waals surface area contributed by atoms with E-state index in [0.717, 1.165) is 38.1 Å². The molecule has 0 saturated carbocycles. The number of rotatable bonds is 10. The van der Waals surface area contributed by atoms with Gasteiger partial charge in [0.1, 0.15) is 30.8 Å². The standard InChI is InChI=1S/C25H29F3N2O6/c26-25(27,28)36-19-6-4-18(5-7-19)33-12-9-23(31)29-20(16-30-10-1-2-11-30)24(32)17-3-8-21-22(15-17)35-14-13-34-21/h3-8,15,20,24,32H,1-2,9-14,16H2,(H,29,31). The van der Waals surface area contributed by atoms with Gasteiger partial charge in [-0.1, -0.05) is 6.07 Å². The van der Waals surface area contributed by atoms with E-state index in [2.05, 4.69) is 15.0 Å². The number of halogens is 3. The van der Waals surface area contributed by atoms with Gasteiger partial charge in [0.25, 0.3) is 0 Å². The number of aliphatic hydroxyl groups is 1. The van der Waals surface area contributed by atoms with Gasteiger partial charge >= 0.3 is 6.36 Å².